The van der Waals surface area contributed by atoms with Gasteiger partial charge in [-0.05, 0) is 35.1 Å². The van der Waals surface area contributed by atoms with Crippen LogP contribution in [0.3, 0.4) is 0 Å². The fraction of sp³-hybridized carbons (Fsp3) is 0.316. The second-order valence-corrected chi connectivity index (χ2v) is 6.67. The Morgan fingerprint density at radius 3 is 2.12 bits per heavy atom. The number of nitro benzene ring substituents is 1. The first-order chi connectivity index (χ1) is 11.3. The lowest BCUT2D eigenvalue weighted by atomic mass is 9.86. The van der Waals surface area contributed by atoms with Crippen molar-refractivity contribution in [2.24, 2.45) is 0 Å². The summed E-state index contributed by atoms with van der Waals surface area (Å²) in [6.07, 6.45) is 0.849. The van der Waals surface area contributed by atoms with Crippen LogP contribution in [0.4, 0.5) is 5.69 Å². The normalized spacial score (nSPS) is 11.1. The minimum Gasteiger partial charge on any atom is -0.427 e. The number of rotatable bonds is 5. The third-order valence-electron chi connectivity index (χ3n) is 3.72. The van der Waals surface area contributed by atoms with Gasteiger partial charge in [0.15, 0.2) is 0 Å². The van der Waals surface area contributed by atoms with Gasteiger partial charge >= 0.3 is 5.97 Å². The Balaban J connectivity index is 1.87. The van der Waals surface area contributed by atoms with Gasteiger partial charge in [-0.3, -0.25) is 14.9 Å². The standard InChI is InChI=1S/C19H21NO4/c1-19(2,3)15-7-4-14(5-8-15)6-13-18(21)24-17-11-9-16(10-12-17)20(22)23/h4-5,7-12H,6,13H2,1-3H3. The molecule has 0 N–H and O–H groups in total. The fourth-order valence-corrected chi connectivity index (χ4v) is 2.24. The Morgan fingerprint density at radius 2 is 1.62 bits per heavy atom. The SMILES string of the molecule is CC(C)(C)c1ccc(CCC(=O)Oc2ccc([N+](=O)[O-])cc2)cc1. The van der Waals surface area contributed by atoms with E-state index in [1.54, 1.807) is 0 Å². The van der Waals surface area contributed by atoms with Crippen molar-refractivity contribution in [2.45, 2.75) is 39.0 Å². The molecule has 0 fully saturated rings. The van der Waals surface area contributed by atoms with Crippen LogP contribution in [0, 0.1) is 10.1 Å². The van der Waals surface area contributed by atoms with Crippen LogP contribution in [0.2, 0.25) is 0 Å². The molecule has 126 valence electrons. The first kappa shape index (κ1) is 17.7. The summed E-state index contributed by atoms with van der Waals surface area (Å²) in [5, 5.41) is 10.6. The van der Waals surface area contributed by atoms with E-state index < -0.39 is 4.92 Å². The molecule has 0 atom stereocenters. The number of hydrogen-bond acceptors (Lipinski definition) is 4. The number of ether oxygens (including phenoxy) is 1. The van der Waals surface area contributed by atoms with Crippen LogP contribution < -0.4 is 4.74 Å². The third kappa shape index (κ3) is 4.91. The monoisotopic (exact) mass is 327 g/mol. The number of carbonyl (C=O) groups excluding carboxylic acids is 1. The first-order valence-electron chi connectivity index (χ1n) is 7.80. The Kier molecular flexibility index (Phi) is 5.34. The zero-order chi connectivity index (χ0) is 17.7. The number of non-ortho nitro benzene ring substituents is 1. The Labute approximate surface area is 141 Å². The summed E-state index contributed by atoms with van der Waals surface area (Å²) in [5.41, 5.74) is 2.39. The van der Waals surface area contributed by atoms with Gasteiger partial charge in [0.2, 0.25) is 0 Å². The molecule has 5 heteroatoms. The van der Waals surface area contributed by atoms with Crippen LogP contribution >= 0.6 is 0 Å². The minimum atomic E-state index is -0.493. The molecule has 0 saturated carbocycles. The fourth-order valence-electron chi connectivity index (χ4n) is 2.24. The van der Waals surface area contributed by atoms with E-state index in [1.807, 2.05) is 12.1 Å². The quantitative estimate of drug-likeness (QED) is 0.352. The average molecular weight is 327 g/mol. The second-order valence-electron chi connectivity index (χ2n) is 6.67. The van der Waals surface area contributed by atoms with Gasteiger partial charge in [0.05, 0.1) is 4.92 Å². The molecule has 5 nitrogen and oxygen atoms in total. The molecular weight excluding hydrogens is 306 g/mol. The maximum Gasteiger partial charge on any atom is 0.311 e. The van der Waals surface area contributed by atoms with Crippen molar-refractivity contribution < 1.29 is 14.5 Å². The van der Waals surface area contributed by atoms with Crippen LogP contribution in [0.15, 0.2) is 48.5 Å². The third-order valence-corrected chi connectivity index (χ3v) is 3.72. The molecule has 2 rings (SSSR count). The largest absolute Gasteiger partial charge is 0.427 e. The molecular formula is C19H21NO4. The van der Waals surface area contributed by atoms with Crippen molar-refractivity contribution in [3.63, 3.8) is 0 Å². The molecule has 2 aromatic carbocycles. The van der Waals surface area contributed by atoms with Crippen LogP contribution in [0.1, 0.15) is 38.3 Å². The van der Waals surface area contributed by atoms with Gasteiger partial charge in [0.1, 0.15) is 5.75 Å². The number of hydrogen-bond donors (Lipinski definition) is 0. The molecule has 0 aliphatic rings. The summed E-state index contributed by atoms with van der Waals surface area (Å²) in [5.74, 6) is -0.0440. The number of benzene rings is 2. The molecule has 0 bridgehead atoms. The number of aryl methyl sites for hydroxylation is 1. The van der Waals surface area contributed by atoms with Gasteiger partial charge in [-0.25, -0.2) is 0 Å². The molecule has 0 radical (unpaired) electrons. The summed E-state index contributed by atoms with van der Waals surface area (Å²) in [6.45, 7) is 6.47. The van der Waals surface area contributed by atoms with E-state index in [-0.39, 0.29) is 23.5 Å². The van der Waals surface area contributed by atoms with Gasteiger partial charge in [-0.15, -0.1) is 0 Å². The first-order valence-corrected chi connectivity index (χ1v) is 7.80. The van der Waals surface area contributed by atoms with Crippen molar-refractivity contribution in [3.05, 3.63) is 69.8 Å². The number of carbonyl (C=O) groups is 1. The van der Waals surface area contributed by atoms with Crippen molar-refractivity contribution in [1.82, 2.24) is 0 Å². The van der Waals surface area contributed by atoms with Gasteiger partial charge in [0.25, 0.3) is 5.69 Å². The van der Waals surface area contributed by atoms with Crippen molar-refractivity contribution in [1.29, 1.82) is 0 Å². The molecule has 0 spiro atoms. The highest BCUT2D eigenvalue weighted by molar-refractivity contribution is 5.72. The molecule has 24 heavy (non-hydrogen) atoms. The zero-order valence-corrected chi connectivity index (χ0v) is 14.1. The van der Waals surface area contributed by atoms with E-state index in [9.17, 15) is 14.9 Å². The molecule has 0 saturated heterocycles. The Bertz CT molecular complexity index is 713. The number of nitrogens with zero attached hydrogens (tertiary/aromatic N) is 1. The van der Waals surface area contributed by atoms with Gasteiger partial charge in [-0.2, -0.15) is 0 Å². The van der Waals surface area contributed by atoms with E-state index in [0.29, 0.717) is 12.2 Å². The Hall–Kier alpha value is -2.69. The number of esters is 1. The van der Waals surface area contributed by atoms with Gasteiger partial charge in [0, 0.05) is 18.6 Å². The zero-order valence-electron chi connectivity index (χ0n) is 14.1. The summed E-state index contributed by atoms with van der Waals surface area (Å²) in [4.78, 5) is 22.0. The lowest BCUT2D eigenvalue weighted by molar-refractivity contribution is -0.384. The van der Waals surface area contributed by atoms with E-state index >= 15 is 0 Å². The lowest BCUT2D eigenvalue weighted by Gasteiger charge is -2.19. The van der Waals surface area contributed by atoms with Crippen LogP contribution in [0.5, 0.6) is 5.75 Å². The molecule has 2 aromatic rings. The minimum absolute atomic E-state index is 0.0336. The van der Waals surface area contributed by atoms with E-state index in [4.69, 9.17) is 4.74 Å². The van der Waals surface area contributed by atoms with Gasteiger partial charge < -0.3 is 4.74 Å². The molecule has 0 aliphatic carbocycles. The van der Waals surface area contributed by atoms with Crippen LogP contribution in [-0.4, -0.2) is 10.9 Å². The smallest absolute Gasteiger partial charge is 0.311 e. The molecule has 0 amide bonds. The Morgan fingerprint density at radius 1 is 1.04 bits per heavy atom. The summed E-state index contributed by atoms with van der Waals surface area (Å²) < 4.78 is 5.19. The highest BCUT2D eigenvalue weighted by atomic mass is 16.6. The van der Waals surface area contributed by atoms with Crippen LogP contribution in [0.25, 0.3) is 0 Å². The van der Waals surface area contributed by atoms with Crippen molar-refractivity contribution in [2.75, 3.05) is 0 Å². The summed E-state index contributed by atoms with van der Waals surface area (Å²) in [6, 6.07) is 13.7. The summed E-state index contributed by atoms with van der Waals surface area (Å²) >= 11 is 0. The molecule has 0 aliphatic heterocycles. The van der Waals surface area contributed by atoms with E-state index in [2.05, 4.69) is 32.9 Å². The maximum atomic E-state index is 11.9. The molecule has 0 aromatic heterocycles. The maximum absolute atomic E-state index is 11.9. The van der Waals surface area contributed by atoms with Crippen molar-refractivity contribution >= 4 is 11.7 Å². The van der Waals surface area contributed by atoms with Crippen molar-refractivity contribution in [3.8, 4) is 5.75 Å². The number of nitro groups is 1. The predicted molar refractivity (Wildman–Crippen MR) is 92.2 cm³/mol. The lowest BCUT2D eigenvalue weighted by Crippen LogP contribution is -2.11. The second kappa shape index (κ2) is 7.25. The average Bonchev–Trinajstić information content (AvgIpc) is 2.53. The topological polar surface area (TPSA) is 69.4 Å². The highest BCUT2D eigenvalue weighted by Gasteiger charge is 2.13. The predicted octanol–water partition coefficient (Wildman–Crippen LogP) is 4.43. The van der Waals surface area contributed by atoms with Crippen LogP contribution in [-0.2, 0) is 16.6 Å². The van der Waals surface area contributed by atoms with Gasteiger partial charge in [-0.1, -0.05) is 45.0 Å². The molecule has 0 unspecified atom stereocenters. The summed E-state index contributed by atoms with van der Waals surface area (Å²) in [7, 11) is 0. The van der Waals surface area contributed by atoms with E-state index in [1.165, 1.54) is 29.8 Å². The van der Waals surface area contributed by atoms with E-state index in [0.717, 1.165) is 5.56 Å². The molecule has 0 heterocycles. The highest BCUT2D eigenvalue weighted by Crippen LogP contribution is 2.22.